The maximum Gasteiger partial charge on any atom is 0.439 e. The molecule has 16 heteroatoms. The molecule has 1 aliphatic carbocycles. The van der Waals surface area contributed by atoms with Gasteiger partial charge in [-0.15, -0.1) is 0 Å². The zero-order valence-electron chi connectivity index (χ0n) is 24.3. The number of benzene rings is 2. The number of H-pyrrole nitrogens is 1. The Bertz CT molecular complexity index is 2220. The molecule has 0 saturated carbocycles. The smallest absolute Gasteiger partial charge is 0.394 e. The van der Waals surface area contributed by atoms with Crippen molar-refractivity contribution >= 4 is 23.2 Å². The summed E-state index contributed by atoms with van der Waals surface area (Å²) in [7, 11) is 0. The molecule has 5 N–H and O–H groups in total. The molecule has 2 aliphatic rings. The van der Waals surface area contributed by atoms with Crippen LogP contribution in [0.25, 0.3) is 11.4 Å². The largest absolute Gasteiger partial charge is 0.439 e. The lowest BCUT2D eigenvalue weighted by atomic mass is 9.93. The summed E-state index contributed by atoms with van der Waals surface area (Å²) in [4.78, 5) is 72.4. The van der Waals surface area contributed by atoms with Gasteiger partial charge in [-0.25, -0.2) is 14.8 Å². The number of nitrogens with two attached hydrogens (primary N) is 1. The highest BCUT2D eigenvalue weighted by atomic mass is 19.3. The molecule has 1 atom stereocenters. The Hall–Kier alpha value is -6.06. The van der Waals surface area contributed by atoms with E-state index in [-0.39, 0.29) is 53.0 Å². The fraction of sp³-hybridized carbons (Fsp3) is 0.226. The molecule has 0 bridgehead atoms. The maximum absolute atomic E-state index is 14.9. The third-order valence-electron chi connectivity index (χ3n) is 8.38. The number of aromatic amines is 1. The third kappa shape index (κ3) is 5.32. The van der Waals surface area contributed by atoms with Gasteiger partial charge in [-0.1, -0.05) is 35.5 Å². The lowest BCUT2D eigenvalue weighted by Crippen LogP contribution is -2.48. The summed E-state index contributed by atoms with van der Waals surface area (Å²) in [6, 6.07) is 10.6. The Balaban J connectivity index is 1.01. The van der Waals surface area contributed by atoms with Gasteiger partial charge >= 0.3 is 5.76 Å². The van der Waals surface area contributed by atoms with E-state index in [1.807, 2.05) is 12.1 Å². The van der Waals surface area contributed by atoms with Crippen LogP contribution < -0.4 is 37.9 Å². The van der Waals surface area contributed by atoms with Crippen molar-refractivity contribution in [3.05, 3.63) is 119 Å². The zero-order chi connectivity index (χ0) is 33.0. The number of halogens is 2. The van der Waals surface area contributed by atoms with E-state index in [1.165, 1.54) is 24.3 Å². The highest BCUT2D eigenvalue weighted by Crippen LogP contribution is 2.39. The van der Waals surface area contributed by atoms with E-state index < -0.39 is 40.9 Å². The molecule has 14 nitrogen and oxygen atoms in total. The van der Waals surface area contributed by atoms with Crippen molar-refractivity contribution in [2.24, 2.45) is 0 Å². The molecule has 0 fully saturated rings. The Labute approximate surface area is 262 Å². The first-order valence-corrected chi connectivity index (χ1v) is 14.4. The van der Waals surface area contributed by atoms with Crippen LogP contribution in [0.3, 0.4) is 0 Å². The van der Waals surface area contributed by atoms with E-state index in [4.69, 9.17) is 5.73 Å². The van der Waals surface area contributed by atoms with E-state index >= 15 is 0 Å². The van der Waals surface area contributed by atoms with E-state index in [0.29, 0.717) is 29.8 Å². The number of aromatic nitrogens is 4. The second-order valence-electron chi connectivity index (χ2n) is 11.4. The van der Waals surface area contributed by atoms with E-state index in [9.17, 15) is 32.8 Å². The molecule has 0 radical (unpaired) electrons. The second kappa shape index (κ2) is 11.1. The molecule has 47 heavy (non-hydrogen) atoms. The fourth-order valence-corrected chi connectivity index (χ4v) is 6.08. The Morgan fingerprint density at radius 3 is 2.55 bits per heavy atom. The Morgan fingerprint density at radius 1 is 1.02 bits per heavy atom. The van der Waals surface area contributed by atoms with Crippen LogP contribution in [0.5, 0.6) is 0 Å². The molecule has 5 aromatic rings. The molecular formula is C31H24F2N8O6. The molecule has 2 amide bonds. The van der Waals surface area contributed by atoms with Crippen LogP contribution in [0.15, 0.2) is 67.7 Å². The number of hydrogen-bond acceptors (Lipinski definition) is 11. The molecule has 238 valence electrons. The predicted octanol–water partition coefficient (Wildman–Crippen LogP) is 1.46. The number of fused-ring (bicyclic) bond motifs is 2. The lowest BCUT2D eigenvalue weighted by Gasteiger charge is -2.36. The average Bonchev–Trinajstić information content (AvgIpc) is 3.68. The minimum absolute atomic E-state index is 0.0240. The minimum atomic E-state index is -3.30. The lowest BCUT2D eigenvalue weighted by molar-refractivity contribution is -0.00253. The van der Waals surface area contributed by atoms with Gasteiger partial charge in [-0.05, 0) is 41.2 Å². The number of nitrogens with one attached hydrogen (secondary N) is 3. The topological polar surface area (TPSA) is 206 Å². The number of carbonyl (C=O) groups is 2. The SMILES string of the molecule is Nc1c(N2Cc3cc(CNC(=O)c4cc(C(=O)NC5CCc6cc(-c7noc(=O)[nH]7)ccc65)ncn4)ccc3C(F)(F)C2)c(=O)c1=O. The number of carbonyl (C=O) groups excluding carboxylic acids is 2. The van der Waals surface area contributed by atoms with Gasteiger partial charge in [0, 0.05) is 30.3 Å². The summed E-state index contributed by atoms with van der Waals surface area (Å²) in [5.74, 6) is -4.78. The van der Waals surface area contributed by atoms with Crippen LogP contribution in [0.2, 0.25) is 0 Å². The molecule has 0 saturated heterocycles. The first kappa shape index (κ1) is 29.6. The van der Waals surface area contributed by atoms with E-state index in [1.54, 1.807) is 6.07 Å². The standard InChI is InChI=1S/C31H24F2N8O6/c32-31(33)12-41(24-23(34)25(42)26(24)43)11-17-7-14(1-5-19(17)31)10-35-28(44)21-9-22(37-13-36-21)29(45)38-20-6-3-15-8-16(2-4-18(15)20)27-39-30(46)47-40-27/h1-2,4-5,7-9,13,20H,3,6,10-12,34H2,(H,35,44)(H,38,45)(H,39,40,46). The van der Waals surface area contributed by atoms with Crippen molar-refractivity contribution in [3.8, 4) is 11.4 Å². The summed E-state index contributed by atoms with van der Waals surface area (Å²) >= 11 is 0. The summed E-state index contributed by atoms with van der Waals surface area (Å²) in [6.07, 6.45) is 2.40. The number of hydrogen-bond donors (Lipinski definition) is 4. The van der Waals surface area contributed by atoms with Crippen molar-refractivity contribution in [2.45, 2.75) is 37.9 Å². The first-order valence-electron chi connectivity index (χ1n) is 14.4. The van der Waals surface area contributed by atoms with E-state index in [0.717, 1.165) is 22.4 Å². The van der Waals surface area contributed by atoms with Crippen molar-refractivity contribution in [1.82, 2.24) is 30.7 Å². The number of rotatable bonds is 7. The van der Waals surface area contributed by atoms with Gasteiger partial charge in [0.05, 0.1) is 12.6 Å². The number of nitrogen functional groups attached to an aromatic ring is 1. The summed E-state index contributed by atoms with van der Waals surface area (Å²) in [6.45, 7) is -0.911. The maximum atomic E-state index is 14.9. The van der Waals surface area contributed by atoms with Crippen molar-refractivity contribution < 1.29 is 22.9 Å². The molecule has 1 unspecified atom stereocenters. The summed E-state index contributed by atoms with van der Waals surface area (Å²) in [5.41, 5.74) is 6.23. The van der Waals surface area contributed by atoms with Crippen LogP contribution in [0.4, 0.5) is 20.2 Å². The van der Waals surface area contributed by atoms with Crippen LogP contribution in [0, 0.1) is 0 Å². The molecule has 3 heterocycles. The fourth-order valence-electron chi connectivity index (χ4n) is 6.08. The predicted molar refractivity (Wildman–Crippen MR) is 161 cm³/mol. The van der Waals surface area contributed by atoms with Gasteiger partial charge in [0.15, 0.2) is 5.82 Å². The molecule has 3 aromatic carbocycles. The van der Waals surface area contributed by atoms with Crippen molar-refractivity contribution in [1.29, 1.82) is 0 Å². The van der Waals surface area contributed by atoms with Gasteiger partial charge in [-0.2, -0.15) is 8.78 Å². The van der Waals surface area contributed by atoms with Gasteiger partial charge in [0.1, 0.15) is 29.1 Å². The van der Waals surface area contributed by atoms with Gasteiger partial charge in [-0.3, -0.25) is 28.7 Å². The quantitative estimate of drug-likeness (QED) is 0.187. The van der Waals surface area contributed by atoms with Crippen LogP contribution >= 0.6 is 0 Å². The molecule has 0 spiro atoms. The number of nitrogens with zero attached hydrogens (tertiary/aromatic N) is 4. The second-order valence-corrected chi connectivity index (χ2v) is 11.4. The number of amides is 2. The first-order chi connectivity index (χ1) is 22.5. The minimum Gasteiger partial charge on any atom is -0.394 e. The van der Waals surface area contributed by atoms with Gasteiger partial charge < -0.3 is 21.3 Å². The van der Waals surface area contributed by atoms with Crippen molar-refractivity contribution in [2.75, 3.05) is 17.2 Å². The van der Waals surface area contributed by atoms with Gasteiger partial charge in [0.2, 0.25) is 0 Å². The number of alkyl halides is 2. The van der Waals surface area contributed by atoms with Crippen LogP contribution in [0.1, 0.15) is 61.3 Å². The summed E-state index contributed by atoms with van der Waals surface area (Å²) in [5, 5.41) is 9.30. The zero-order valence-corrected chi connectivity index (χ0v) is 24.3. The number of anilines is 2. The normalized spacial score (nSPS) is 16.5. The van der Waals surface area contributed by atoms with Gasteiger partial charge in [0.25, 0.3) is 28.6 Å². The highest BCUT2D eigenvalue weighted by molar-refractivity contribution is 5.97. The summed E-state index contributed by atoms with van der Waals surface area (Å²) < 4.78 is 34.4. The van der Waals surface area contributed by atoms with Crippen LogP contribution in [-0.2, 0) is 25.4 Å². The highest BCUT2D eigenvalue weighted by Gasteiger charge is 2.42. The molecule has 2 aromatic heterocycles. The number of aryl methyl sites for hydroxylation is 1. The van der Waals surface area contributed by atoms with Crippen LogP contribution in [-0.4, -0.2) is 38.5 Å². The monoisotopic (exact) mass is 642 g/mol. The molecule has 7 rings (SSSR count). The average molecular weight is 643 g/mol. The Kier molecular flexibility index (Phi) is 6.99. The van der Waals surface area contributed by atoms with E-state index in [2.05, 4.69) is 35.3 Å². The molecular weight excluding hydrogens is 618 g/mol. The third-order valence-corrected chi connectivity index (χ3v) is 8.38. The Morgan fingerprint density at radius 2 is 1.81 bits per heavy atom. The molecule has 1 aliphatic heterocycles. The van der Waals surface area contributed by atoms with Crippen molar-refractivity contribution in [3.63, 3.8) is 0 Å².